The van der Waals surface area contributed by atoms with Crippen LogP contribution in [0.25, 0.3) is 0 Å². The molecule has 0 aromatic heterocycles. The number of nitrogens with two attached hydrogens (primary N) is 1. The standard InChI is InChI=1S/C6H12ClNO6/c7-14-6(8,2-10)5(13)4(12)3(11)1-9/h2-5,9,11-13H,1,8H2/t3-,4-,5+,6+/m1/s1. The van der Waals surface area contributed by atoms with Gasteiger partial charge >= 0.3 is 0 Å². The summed E-state index contributed by atoms with van der Waals surface area (Å²) in [5, 5.41) is 35.8. The minimum atomic E-state index is -2.34. The van der Waals surface area contributed by atoms with Crippen LogP contribution in [0.15, 0.2) is 0 Å². The lowest BCUT2D eigenvalue weighted by molar-refractivity contribution is -0.155. The summed E-state index contributed by atoms with van der Waals surface area (Å²) in [7, 11) is 0. The first-order chi connectivity index (χ1) is 6.42. The van der Waals surface area contributed by atoms with E-state index in [0.717, 1.165) is 0 Å². The van der Waals surface area contributed by atoms with Crippen molar-refractivity contribution in [2.24, 2.45) is 5.73 Å². The molecule has 4 atom stereocenters. The van der Waals surface area contributed by atoms with Crippen LogP contribution < -0.4 is 5.73 Å². The van der Waals surface area contributed by atoms with Crippen molar-refractivity contribution < 1.29 is 29.5 Å². The van der Waals surface area contributed by atoms with Crippen LogP contribution in [-0.4, -0.2) is 57.4 Å². The van der Waals surface area contributed by atoms with Crippen LogP contribution >= 0.6 is 11.9 Å². The lowest BCUT2D eigenvalue weighted by atomic mass is 10.00. The van der Waals surface area contributed by atoms with Gasteiger partial charge in [0.15, 0.2) is 6.29 Å². The molecule has 0 aliphatic carbocycles. The number of aliphatic hydroxyl groups is 4. The van der Waals surface area contributed by atoms with Gasteiger partial charge in [-0.15, -0.1) is 0 Å². The van der Waals surface area contributed by atoms with Crippen molar-refractivity contribution >= 4 is 18.2 Å². The Hall–Kier alpha value is -0.280. The van der Waals surface area contributed by atoms with Crippen LogP contribution in [0, 0.1) is 0 Å². The first-order valence-electron chi connectivity index (χ1n) is 3.63. The zero-order chi connectivity index (χ0) is 11.4. The second kappa shape index (κ2) is 5.56. The van der Waals surface area contributed by atoms with Gasteiger partial charge in [0.05, 0.1) is 18.5 Å². The number of halogens is 1. The van der Waals surface area contributed by atoms with Gasteiger partial charge in [-0.05, 0) is 0 Å². The molecule has 0 aromatic carbocycles. The fourth-order valence-corrected chi connectivity index (χ4v) is 0.846. The molecule has 84 valence electrons. The molecule has 0 spiro atoms. The summed E-state index contributed by atoms with van der Waals surface area (Å²) < 4.78 is 3.94. The fraction of sp³-hybridized carbons (Fsp3) is 0.833. The monoisotopic (exact) mass is 229 g/mol. The number of aliphatic hydroxyl groups excluding tert-OH is 4. The Balaban J connectivity index is 4.57. The summed E-state index contributed by atoms with van der Waals surface area (Å²) in [6, 6.07) is 0. The Labute approximate surface area is 84.8 Å². The van der Waals surface area contributed by atoms with Gasteiger partial charge in [0.2, 0.25) is 5.72 Å². The van der Waals surface area contributed by atoms with Crippen molar-refractivity contribution in [2.45, 2.75) is 24.0 Å². The molecule has 0 aromatic rings. The molecular formula is C6H12ClNO6. The molecule has 0 amide bonds. The summed E-state index contributed by atoms with van der Waals surface area (Å²) in [4.78, 5) is 10.4. The molecule has 0 radical (unpaired) electrons. The maximum Gasteiger partial charge on any atom is 0.222 e. The maximum atomic E-state index is 10.4. The molecule has 0 heterocycles. The van der Waals surface area contributed by atoms with Crippen LogP contribution in [-0.2, 0) is 9.08 Å². The van der Waals surface area contributed by atoms with Gasteiger partial charge in [-0.1, -0.05) is 0 Å². The van der Waals surface area contributed by atoms with E-state index in [1.165, 1.54) is 0 Å². The van der Waals surface area contributed by atoms with E-state index in [1.807, 2.05) is 0 Å². The molecule has 8 heteroatoms. The predicted molar refractivity (Wildman–Crippen MR) is 45.0 cm³/mol. The van der Waals surface area contributed by atoms with Gasteiger partial charge in [-0.25, -0.2) is 4.29 Å². The number of hydrogen-bond acceptors (Lipinski definition) is 7. The summed E-state index contributed by atoms with van der Waals surface area (Å²) in [6.07, 6.45) is -5.49. The van der Waals surface area contributed by atoms with Crippen molar-refractivity contribution in [1.82, 2.24) is 0 Å². The first-order valence-corrected chi connectivity index (χ1v) is 3.93. The van der Waals surface area contributed by atoms with Crippen LogP contribution in [0.2, 0.25) is 0 Å². The molecule has 0 unspecified atom stereocenters. The third kappa shape index (κ3) is 2.85. The van der Waals surface area contributed by atoms with E-state index in [1.54, 1.807) is 0 Å². The SMILES string of the molecule is N[C@@](C=O)(OCl)[C@@H](O)[C@H](O)[C@H](O)CO. The highest BCUT2D eigenvalue weighted by Crippen LogP contribution is 2.14. The predicted octanol–water partition coefficient (Wildman–Crippen LogP) is -2.91. The lowest BCUT2D eigenvalue weighted by Gasteiger charge is -2.30. The number of carbonyl (C=O) groups excluding carboxylic acids is 1. The Morgan fingerprint density at radius 1 is 1.50 bits per heavy atom. The Morgan fingerprint density at radius 2 is 2.00 bits per heavy atom. The molecule has 0 saturated heterocycles. The maximum absolute atomic E-state index is 10.4. The number of carbonyl (C=O) groups is 1. The third-order valence-corrected chi connectivity index (χ3v) is 1.95. The highest BCUT2D eigenvalue weighted by molar-refractivity contribution is 6.08. The van der Waals surface area contributed by atoms with Crippen molar-refractivity contribution in [2.75, 3.05) is 6.61 Å². The van der Waals surface area contributed by atoms with Crippen LogP contribution in [0.4, 0.5) is 0 Å². The number of aldehydes is 1. The van der Waals surface area contributed by atoms with E-state index < -0.39 is 30.6 Å². The molecule has 0 bridgehead atoms. The molecule has 0 aliphatic heterocycles. The minimum absolute atomic E-state index is 0.0298. The van der Waals surface area contributed by atoms with Crippen LogP contribution in [0.5, 0.6) is 0 Å². The van der Waals surface area contributed by atoms with Gasteiger partial charge in [-0.3, -0.25) is 10.5 Å². The molecular weight excluding hydrogens is 218 g/mol. The zero-order valence-corrected chi connectivity index (χ0v) is 7.83. The molecule has 0 aliphatic rings. The quantitative estimate of drug-likeness (QED) is 0.243. The molecule has 0 fully saturated rings. The summed E-state index contributed by atoms with van der Waals surface area (Å²) in [5.41, 5.74) is 2.77. The Morgan fingerprint density at radius 3 is 2.29 bits per heavy atom. The molecule has 14 heavy (non-hydrogen) atoms. The molecule has 0 rings (SSSR count). The summed E-state index contributed by atoms with van der Waals surface area (Å²) >= 11 is 4.82. The number of rotatable bonds is 6. The average molecular weight is 230 g/mol. The van der Waals surface area contributed by atoms with E-state index in [9.17, 15) is 9.90 Å². The average Bonchev–Trinajstić information content (AvgIpc) is 2.24. The lowest BCUT2D eigenvalue weighted by Crippen LogP contribution is -2.60. The third-order valence-electron chi connectivity index (χ3n) is 1.68. The van der Waals surface area contributed by atoms with Crippen molar-refractivity contribution in [3.63, 3.8) is 0 Å². The van der Waals surface area contributed by atoms with Gasteiger partial charge < -0.3 is 20.4 Å². The van der Waals surface area contributed by atoms with Crippen molar-refractivity contribution in [3.8, 4) is 0 Å². The normalized spacial score (nSPS) is 22.1. The Bertz CT molecular complexity index is 193. The molecule has 6 N–H and O–H groups in total. The molecule has 0 saturated carbocycles. The smallest absolute Gasteiger partial charge is 0.222 e. The minimum Gasteiger partial charge on any atom is -0.394 e. The van der Waals surface area contributed by atoms with E-state index in [2.05, 4.69) is 4.29 Å². The second-order valence-electron chi connectivity index (χ2n) is 2.73. The van der Waals surface area contributed by atoms with Gasteiger partial charge in [0.1, 0.15) is 18.3 Å². The van der Waals surface area contributed by atoms with E-state index >= 15 is 0 Å². The van der Waals surface area contributed by atoms with Gasteiger partial charge in [0.25, 0.3) is 0 Å². The van der Waals surface area contributed by atoms with E-state index in [0.29, 0.717) is 0 Å². The number of hydrogen-bond donors (Lipinski definition) is 5. The van der Waals surface area contributed by atoms with Crippen LogP contribution in [0.3, 0.4) is 0 Å². The first kappa shape index (κ1) is 13.7. The highest BCUT2D eigenvalue weighted by Gasteiger charge is 2.42. The largest absolute Gasteiger partial charge is 0.394 e. The summed E-state index contributed by atoms with van der Waals surface area (Å²) in [6.45, 7) is -0.810. The Kier molecular flexibility index (Phi) is 5.45. The second-order valence-corrected chi connectivity index (χ2v) is 2.89. The zero-order valence-electron chi connectivity index (χ0n) is 7.08. The molecule has 7 nitrogen and oxygen atoms in total. The van der Waals surface area contributed by atoms with E-state index in [4.69, 9.17) is 32.9 Å². The summed E-state index contributed by atoms with van der Waals surface area (Å²) in [5.74, 6) is 0. The fourth-order valence-electron chi connectivity index (χ4n) is 0.719. The van der Waals surface area contributed by atoms with Gasteiger partial charge in [0, 0.05) is 0 Å². The van der Waals surface area contributed by atoms with Gasteiger partial charge in [-0.2, -0.15) is 0 Å². The van der Waals surface area contributed by atoms with E-state index in [-0.39, 0.29) is 6.29 Å². The highest BCUT2D eigenvalue weighted by atomic mass is 35.5. The van der Waals surface area contributed by atoms with Crippen molar-refractivity contribution in [3.05, 3.63) is 0 Å². The topological polar surface area (TPSA) is 133 Å². The van der Waals surface area contributed by atoms with Crippen LogP contribution in [0.1, 0.15) is 0 Å². The van der Waals surface area contributed by atoms with Crippen molar-refractivity contribution in [1.29, 1.82) is 0 Å².